The number of fused-ring (bicyclic) bond motifs is 7. The Morgan fingerprint density at radius 1 is 0.857 bits per heavy atom. The first kappa shape index (κ1) is 19.4. The Labute approximate surface area is 168 Å². The third-order valence-electron chi connectivity index (χ3n) is 10.6. The van der Waals surface area contributed by atoms with Crippen molar-refractivity contribution in [2.75, 3.05) is 6.61 Å². The van der Waals surface area contributed by atoms with Crippen LogP contribution in [0.3, 0.4) is 0 Å². The summed E-state index contributed by atoms with van der Waals surface area (Å²) in [4.78, 5) is 0. The van der Waals surface area contributed by atoms with Gasteiger partial charge in [-0.15, -0.1) is 0 Å². The monoisotopic (exact) mass is 388 g/mol. The van der Waals surface area contributed by atoms with Crippen LogP contribution < -0.4 is 0 Å². The summed E-state index contributed by atoms with van der Waals surface area (Å²) in [6, 6.07) is 0. The van der Waals surface area contributed by atoms with Gasteiger partial charge in [-0.25, -0.2) is 0 Å². The van der Waals surface area contributed by atoms with Crippen LogP contribution in [0, 0.1) is 52.3 Å². The molecule has 10 atom stereocenters. The molecule has 4 heteroatoms. The number of aliphatic hydroxyl groups is 4. The lowest BCUT2D eigenvalue weighted by atomic mass is 9.42. The molecule has 0 amide bonds. The maximum Gasteiger partial charge on any atom is 0.134 e. The average molecular weight is 389 g/mol. The van der Waals surface area contributed by atoms with E-state index in [2.05, 4.69) is 25.7 Å². The molecule has 5 aliphatic rings. The van der Waals surface area contributed by atoms with Gasteiger partial charge in [0, 0.05) is 17.8 Å². The molecule has 0 aromatic rings. The standard InChI is InChI=1S/C24H36O4/c1-21-10-6-15(26)14-23(21,27)12-7-17-18(21)8-11-22(2)20(17)16-4-5-19(16)24(22,28)9-3-13-25/h15-20,25-28H,4-8,10-14H2,1-2H3/t15-,16?,17+,18-,19-,20-,21+,22-,23-,24-/m0/s1. The molecule has 0 aromatic carbocycles. The molecule has 0 saturated heterocycles. The third kappa shape index (κ3) is 2.12. The second kappa shape index (κ2) is 5.97. The second-order valence-electron chi connectivity index (χ2n) is 11.2. The third-order valence-corrected chi connectivity index (χ3v) is 10.6. The van der Waals surface area contributed by atoms with Crippen LogP contribution in [-0.2, 0) is 0 Å². The highest BCUT2D eigenvalue weighted by Crippen LogP contribution is 2.74. The molecule has 28 heavy (non-hydrogen) atoms. The van der Waals surface area contributed by atoms with Crippen LogP contribution in [0.15, 0.2) is 0 Å². The predicted octanol–water partition coefficient (Wildman–Crippen LogP) is 2.48. The lowest BCUT2D eigenvalue weighted by Gasteiger charge is -2.64. The van der Waals surface area contributed by atoms with Crippen molar-refractivity contribution in [3.05, 3.63) is 0 Å². The van der Waals surface area contributed by atoms with Crippen LogP contribution in [-0.4, -0.2) is 44.3 Å². The second-order valence-corrected chi connectivity index (χ2v) is 11.2. The van der Waals surface area contributed by atoms with Gasteiger partial charge < -0.3 is 20.4 Å². The maximum atomic E-state index is 11.8. The highest BCUT2D eigenvalue weighted by Gasteiger charge is 2.74. The fraction of sp³-hybridized carbons (Fsp3) is 0.917. The van der Waals surface area contributed by atoms with Gasteiger partial charge in [0.05, 0.1) is 11.7 Å². The normalized spacial score (nSPS) is 59.6. The zero-order chi connectivity index (χ0) is 19.9. The molecular weight excluding hydrogens is 352 g/mol. The van der Waals surface area contributed by atoms with Gasteiger partial charge in [0.1, 0.15) is 12.2 Å². The molecule has 5 aliphatic carbocycles. The van der Waals surface area contributed by atoms with Crippen molar-refractivity contribution in [2.24, 2.45) is 40.4 Å². The van der Waals surface area contributed by atoms with Crippen molar-refractivity contribution in [1.82, 2.24) is 0 Å². The van der Waals surface area contributed by atoms with E-state index in [4.69, 9.17) is 0 Å². The van der Waals surface area contributed by atoms with E-state index in [1.807, 2.05) is 0 Å². The Hall–Kier alpha value is -0.600. The number of rotatable bonds is 0. The smallest absolute Gasteiger partial charge is 0.134 e. The average Bonchev–Trinajstić information content (AvgIpc) is 2.74. The minimum Gasteiger partial charge on any atom is -0.393 e. The van der Waals surface area contributed by atoms with Crippen LogP contribution in [0.1, 0.15) is 71.6 Å². The van der Waals surface area contributed by atoms with Crippen molar-refractivity contribution in [1.29, 1.82) is 0 Å². The summed E-state index contributed by atoms with van der Waals surface area (Å²) in [5.41, 5.74) is -2.08. The minimum absolute atomic E-state index is 0.132. The van der Waals surface area contributed by atoms with Crippen LogP contribution in [0.4, 0.5) is 0 Å². The predicted molar refractivity (Wildman–Crippen MR) is 106 cm³/mol. The summed E-state index contributed by atoms with van der Waals surface area (Å²) < 4.78 is 0. The van der Waals surface area contributed by atoms with E-state index in [9.17, 15) is 20.4 Å². The van der Waals surface area contributed by atoms with Crippen molar-refractivity contribution in [2.45, 2.75) is 88.9 Å². The van der Waals surface area contributed by atoms with Gasteiger partial charge in [0.15, 0.2) is 0 Å². The van der Waals surface area contributed by atoms with Crippen LogP contribution in [0.2, 0.25) is 0 Å². The lowest BCUT2D eigenvalue weighted by Crippen LogP contribution is -2.64. The molecule has 0 spiro atoms. The zero-order valence-corrected chi connectivity index (χ0v) is 17.3. The van der Waals surface area contributed by atoms with E-state index in [-0.39, 0.29) is 29.5 Å². The van der Waals surface area contributed by atoms with E-state index in [1.54, 1.807) is 0 Å². The molecule has 5 fully saturated rings. The highest BCUT2D eigenvalue weighted by molar-refractivity contribution is 5.32. The molecule has 156 valence electrons. The fourth-order valence-corrected chi connectivity index (χ4v) is 9.02. The Balaban J connectivity index is 1.53. The van der Waals surface area contributed by atoms with Gasteiger partial charge in [0.2, 0.25) is 0 Å². The van der Waals surface area contributed by atoms with Crippen LogP contribution >= 0.6 is 0 Å². The summed E-state index contributed by atoms with van der Waals surface area (Å²) >= 11 is 0. The molecule has 4 nitrogen and oxygen atoms in total. The number of hydrogen-bond acceptors (Lipinski definition) is 4. The van der Waals surface area contributed by atoms with E-state index in [0.29, 0.717) is 30.1 Å². The molecule has 0 radical (unpaired) electrons. The first-order valence-electron chi connectivity index (χ1n) is 11.4. The molecule has 1 unspecified atom stereocenters. The molecule has 0 aliphatic heterocycles. The molecule has 5 rings (SSSR count). The van der Waals surface area contributed by atoms with Gasteiger partial charge >= 0.3 is 0 Å². The number of aliphatic hydroxyl groups excluding tert-OH is 2. The van der Waals surface area contributed by atoms with Gasteiger partial charge in [0.25, 0.3) is 0 Å². The Kier molecular flexibility index (Phi) is 4.13. The van der Waals surface area contributed by atoms with Crippen LogP contribution in [0.25, 0.3) is 0 Å². The molecule has 4 N–H and O–H groups in total. The largest absolute Gasteiger partial charge is 0.393 e. The summed E-state index contributed by atoms with van der Waals surface area (Å²) in [5.74, 6) is 8.13. The fourth-order valence-electron chi connectivity index (χ4n) is 9.02. The topological polar surface area (TPSA) is 80.9 Å². The van der Waals surface area contributed by atoms with Gasteiger partial charge in [-0.05, 0) is 80.5 Å². The summed E-state index contributed by atoms with van der Waals surface area (Å²) in [7, 11) is 0. The highest BCUT2D eigenvalue weighted by atomic mass is 16.3. The lowest BCUT2D eigenvalue weighted by molar-refractivity contribution is -0.225. The zero-order valence-electron chi connectivity index (χ0n) is 17.3. The first-order chi connectivity index (χ1) is 13.2. The summed E-state index contributed by atoms with van der Waals surface area (Å²) in [5, 5.41) is 42.8. The Morgan fingerprint density at radius 2 is 1.57 bits per heavy atom. The summed E-state index contributed by atoms with van der Waals surface area (Å²) in [6.07, 6.45) is 7.79. The Morgan fingerprint density at radius 3 is 2.25 bits per heavy atom. The maximum absolute atomic E-state index is 11.8. The minimum atomic E-state index is -0.980. The van der Waals surface area contributed by atoms with Gasteiger partial charge in [-0.2, -0.15) is 0 Å². The van der Waals surface area contributed by atoms with Gasteiger partial charge in [-0.1, -0.05) is 25.7 Å². The molecule has 0 heterocycles. The van der Waals surface area contributed by atoms with Crippen LogP contribution in [0.5, 0.6) is 0 Å². The molecule has 0 aromatic heterocycles. The van der Waals surface area contributed by atoms with E-state index < -0.39 is 11.2 Å². The number of hydrogen-bond donors (Lipinski definition) is 4. The molecule has 5 saturated carbocycles. The quantitative estimate of drug-likeness (QED) is 0.481. The molecular formula is C24H36O4. The SMILES string of the molecule is C[C@]12CC[C@H]3[C@@H](CC[C@]4(O)C[C@@H](O)CC[C@]34C)[C@@H]1C1CC[C@@H]1[C@@]2(O)C#CCO. The Bertz CT molecular complexity index is 726. The van der Waals surface area contributed by atoms with Crippen molar-refractivity contribution in [3.8, 4) is 11.8 Å². The van der Waals surface area contributed by atoms with Crippen molar-refractivity contribution in [3.63, 3.8) is 0 Å². The van der Waals surface area contributed by atoms with E-state index in [0.717, 1.165) is 44.9 Å². The first-order valence-corrected chi connectivity index (χ1v) is 11.4. The molecule has 0 bridgehead atoms. The summed E-state index contributed by atoms with van der Waals surface area (Å²) in [6.45, 7) is 4.34. The van der Waals surface area contributed by atoms with Gasteiger partial charge in [-0.3, -0.25) is 0 Å². The van der Waals surface area contributed by atoms with E-state index in [1.165, 1.54) is 6.42 Å². The van der Waals surface area contributed by atoms with Crippen molar-refractivity contribution >= 4 is 0 Å². The van der Waals surface area contributed by atoms with Crippen molar-refractivity contribution < 1.29 is 20.4 Å². The van der Waals surface area contributed by atoms with E-state index >= 15 is 0 Å².